The van der Waals surface area contributed by atoms with Crippen LogP contribution in [0.5, 0.6) is 0 Å². The van der Waals surface area contributed by atoms with Gasteiger partial charge in [0.25, 0.3) is 5.91 Å². The van der Waals surface area contributed by atoms with Crippen molar-refractivity contribution in [2.24, 2.45) is 12.8 Å². The van der Waals surface area contributed by atoms with Crippen molar-refractivity contribution < 1.29 is 9.53 Å². The summed E-state index contributed by atoms with van der Waals surface area (Å²) in [5, 5.41) is 6.29. The second-order valence-electron chi connectivity index (χ2n) is 8.71. The van der Waals surface area contributed by atoms with Crippen molar-refractivity contribution in [2.75, 3.05) is 44.0 Å². The first-order valence-electron chi connectivity index (χ1n) is 11.8. The van der Waals surface area contributed by atoms with Gasteiger partial charge in [-0.3, -0.25) is 14.7 Å². The summed E-state index contributed by atoms with van der Waals surface area (Å²) in [5.74, 6) is 0.0540. The summed E-state index contributed by atoms with van der Waals surface area (Å²) in [6.07, 6.45) is 5.09. The van der Waals surface area contributed by atoms with Crippen LogP contribution in [0.25, 0.3) is 22.3 Å². The molecule has 0 spiro atoms. The highest BCUT2D eigenvalue weighted by Gasteiger charge is 2.22. The molecular formula is C25H29N9O2. The molecule has 1 saturated heterocycles. The van der Waals surface area contributed by atoms with E-state index in [1.54, 1.807) is 25.8 Å². The second kappa shape index (κ2) is 9.88. The number of carbonyl (C=O) groups is 1. The van der Waals surface area contributed by atoms with Gasteiger partial charge in [-0.15, -0.1) is 0 Å². The van der Waals surface area contributed by atoms with Crippen molar-refractivity contribution in [1.29, 1.82) is 0 Å². The van der Waals surface area contributed by atoms with E-state index in [0.29, 0.717) is 22.6 Å². The van der Waals surface area contributed by atoms with Gasteiger partial charge in [0.2, 0.25) is 0 Å². The SMILES string of the molecule is CNc1nc(Nc2ccc([C@H](C)N3CCOCC3)cc2)c(C(N)=O)nc1-c1cncc2c1ncn2C. The Labute approximate surface area is 208 Å². The molecule has 3 aromatic heterocycles. The number of nitrogens with two attached hydrogens (primary N) is 1. The molecule has 4 heterocycles. The Hall–Kier alpha value is -4.09. The van der Waals surface area contributed by atoms with Crippen molar-refractivity contribution >= 4 is 34.3 Å². The molecule has 0 saturated carbocycles. The Balaban J connectivity index is 1.47. The molecule has 11 nitrogen and oxygen atoms in total. The van der Waals surface area contributed by atoms with Crippen LogP contribution in [0.4, 0.5) is 17.3 Å². The maximum absolute atomic E-state index is 12.4. The highest BCUT2D eigenvalue weighted by molar-refractivity contribution is 5.99. The molecule has 1 aliphatic rings. The zero-order chi connectivity index (χ0) is 25.2. The molecule has 11 heteroatoms. The first kappa shape index (κ1) is 23.6. The fourth-order valence-corrected chi connectivity index (χ4v) is 4.43. The van der Waals surface area contributed by atoms with Gasteiger partial charge in [0.1, 0.15) is 11.2 Å². The van der Waals surface area contributed by atoms with Crippen LogP contribution in [0.2, 0.25) is 0 Å². The minimum atomic E-state index is -0.687. The third-order valence-electron chi connectivity index (χ3n) is 6.51. The number of ether oxygens (including phenoxy) is 1. The lowest BCUT2D eigenvalue weighted by molar-refractivity contribution is 0.0198. The van der Waals surface area contributed by atoms with Crippen LogP contribution in [0, 0.1) is 0 Å². The third-order valence-corrected chi connectivity index (χ3v) is 6.51. The number of aromatic nitrogens is 5. The van der Waals surface area contributed by atoms with Gasteiger partial charge in [-0.1, -0.05) is 12.1 Å². The monoisotopic (exact) mass is 487 g/mol. The van der Waals surface area contributed by atoms with Crippen molar-refractivity contribution in [1.82, 2.24) is 29.4 Å². The van der Waals surface area contributed by atoms with Gasteiger partial charge in [0, 0.05) is 45.1 Å². The van der Waals surface area contributed by atoms with E-state index < -0.39 is 5.91 Å². The number of anilines is 3. The number of rotatable bonds is 7. The summed E-state index contributed by atoms with van der Waals surface area (Å²) in [6, 6.07) is 8.34. The molecule has 0 bridgehead atoms. The third kappa shape index (κ3) is 4.45. The van der Waals surface area contributed by atoms with E-state index in [1.165, 1.54) is 5.56 Å². The van der Waals surface area contributed by atoms with Crippen LogP contribution < -0.4 is 16.4 Å². The Morgan fingerprint density at radius 1 is 1.11 bits per heavy atom. The molecule has 4 aromatic rings. The highest BCUT2D eigenvalue weighted by atomic mass is 16.5. The number of carbonyl (C=O) groups excluding carboxylic acids is 1. The number of fused-ring (bicyclic) bond motifs is 1. The number of amides is 1. The number of aryl methyl sites for hydroxylation is 1. The zero-order valence-corrected chi connectivity index (χ0v) is 20.5. The van der Waals surface area contributed by atoms with Gasteiger partial charge in [0.15, 0.2) is 17.3 Å². The van der Waals surface area contributed by atoms with Gasteiger partial charge in [0.05, 0.1) is 36.8 Å². The number of benzene rings is 1. The van der Waals surface area contributed by atoms with Crippen LogP contribution in [-0.2, 0) is 11.8 Å². The minimum absolute atomic E-state index is 0.0303. The molecule has 1 atom stereocenters. The quantitative estimate of drug-likeness (QED) is 0.359. The molecule has 36 heavy (non-hydrogen) atoms. The molecule has 0 aliphatic carbocycles. The molecule has 0 radical (unpaired) electrons. The van der Waals surface area contributed by atoms with E-state index >= 15 is 0 Å². The summed E-state index contributed by atoms with van der Waals surface area (Å²) in [4.78, 5) is 32.9. The minimum Gasteiger partial charge on any atom is -0.379 e. The number of imidazole rings is 1. The molecule has 1 aromatic carbocycles. The summed E-state index contributed by atoms with van der Waals surface area (Å²) in [7, 11) is 3.63. The van der Waals surface area contributed by atoms with E-state index in [9.17, 15) is 4.79 Å². The lowest BCUT2D eigenvalue weighted by Gasteiger charge is -2.32. The highest BCUT2D eigenvalue weighted by Crippen LogP contribution is 2.32. The van der Waals surface area contributed by atoms with E-state index in [4.69, 9.17) is 10.5 Å². The summed E-state index contributed by atoms with van der Waals surface area (Å²) in [5.41, 5.74) is 10.4. The van der Waals surface area contributed by atoms with Crippen molar-refractivity contribution in [3.63, 3.8) is 0 Å². The zero-order valence-electron chi connectivity index (χ0n) is 20.5. The fraction of sp³-hybridized carbons (Fsp3) is 0.320. The Kier molecular flexibility index (Phi) is 6.49. The molecule has 186 valence electrons. The number of nitrogens with zero attached hydrogens (tertiary/aromatic N) is 6. The van der Waals surface area contributed by atoms with E-state index in [0.717, 1.165) is 37.5 Å². The first-order chi connectivity index (χ1) is 17.5. The standard InChI is InChI=1S/C25H29N9O2/c1-15(34-8-10-36-11-9-34)16-4-6-17(7-5-16)30-25-22(23(26)35)31-21(24(27-2)32-25)18-12-28-13-19-20(18)29-14-33(19)3/h4-7,12-15H,8-11H2,1-3H3,(H2,26,35)(H2,27,30,32)/t15-/m0/s1. The summed E-state index contributed by atoms with van der Waals surface area (Å²) in [6.45, 7) is 5.54. The Morgan fingerprint density at radius 3 is 2.56 bits per heavy atom. The Bertz CT molecular complexity index is 1390. The van der Waals surface area contributed by atoms with Gasteiger partial charge in [-0.25, -0.2) is 15.0 Å². The average Bonchev–Trinajstić information content (AvgIpc) is 3.29. The average molecular weight is 488 g/mol. The van der Waals surface area contributed by atoms with E-state index in [2.05, 4.69) is 54.5 Å². The maximum atomic E-state index is 12.4. The maximum Gasteiger partial charge on any atom is 0.271 e. The van der Waals surface area contributed by atoms with E-state index in [-0.39, 0.29) is 17.6 Å². The number of pyridine rings is 1. The number of hydrogen-bond acceptors (Lipinski definition) is 9. The normalized spacial score (nSPS) is 15.1. The number of primary amides is 1. The lowest BCUT2D eigenvalue weighted by Crippen LogP contribution is -2.37. The van der Waals surface area contributed by atoms with Crippen molar-refractivity contribution in [3.8, 4) is 11.3 Å². The van der Waals surface area contributed by atoms with Crippen LogP contribution in [0.15, 0.2) is 43.0 Å². The van der Waals surface area contributed by atoms with Crippen molar-refractivity contribution in [3.05, 3.63) is 54.2 Å². The predicted molar refractivity (Wildman–Crippen MR) is 138 cm³/mol. The number of morpholine rings is 1. The molecule has 4 N–H and O–H groups in total. The molecule has 1 aliphatic heterocycles. The molecular weight excluding hydrogens is 458 g/mol. The van der Waals surface area contributed by atoms with Gasteiger partial charge in [-0.05, 0) is 24.6 Å². The topological polar surface area (TPSA) is 136 Å². The van der Waals surface area contributed by atoms with E-state index in [1.807, 2.05) is 23.7 Å². The van der Waals surface area contributed by atoms with Crippen LogP contribution >= 0.6 is 0 Å². The largest absolute Gasteiger partial charge is 0.379 e. The number of nitrogens with one attached hydrogen (secondary N) is 2. The summed E-state index contributed by atoms with van der Waals surface area (Å²) >= 11 is 0. The molecule has 1 fully saturated rings. The van der Waals surface area contributed by atoms with Crippen LogP contribution in [-0.4, -0.2) is 68.7 Å². The molecule has 0 unspecified atom stereocenters. The predicted octanol–water partition coefficient (Wildman–Crippen LogP) is 2.70. The Morgan fingerprint density at radius 2 is 1.86 bits per heavy atom. The fourth-order valence-electron chi connectivity index (χ4n) is 4.43. The number of hydrogen-bond donors (Lipinski definition) is 3. The first-order valence-corrected chi connectivity index (χ1v) is 11.8. The second-order valence-corrected chi connectivity index (χ2v) is 8.71. The van der Waals surface area contributed by atoms with Gasteiger partial charge >= 0.3 is 0 Å². The molecule has 1 amide bonds. The van der Waals surface area contributed by atoms with Crippen LogP contribution in [0.1, 0.15) is 29.0 Å². The van der Waals surface area contributed by atoms with Gasteiger partial charge < -0.3 is 25.7 Å². The molecule has 5 rings (SSSR count). The summed E-state index contributed by atoms with van der Waals surface area (Å²) < 4.78 is 7.33. The van der Waals surface area contributed by atoms with Crippen LogP contribution in [0.3, 0.4) is 0 Å². The lowest BCUT2D eigenvalue weighted by atomic mass is 10.1. The smallest absolute Gasteiger partial charge is 0.271 e. The van der Waals surface area contributed by atoms with Crippen molar-refractivity contribution in [2.45, 2.75) is 13.0 Å². The van der Waals surface area contributed by atoms with Gasteiger partial charge in [-0.2, -0.15) is 0 Å².